The molecule has 0 aliphatic heterocycles. The number of fused-ring (bicyclic) bond motifs is 1. The Morgan fingerprint density at radius 3 is 2.28 bits per heavy atom. The lowest BCUT2D eigenvalue weighted by molar-refractivity contribution is -0.122. The molecule has 3 rings (SSSR count). The highest BCUT2D eigenvalue weighted by Gasteiger charge is 2.22. The van der Waals surface area contributed by atoms with Crippen LogP contribution < -0.4 is 20.7 Å². The zero-order chi connectivity index (χ0) is 17.6. The molecule has 0 fully saturated rings. The molecule has 2 aromatic carbocycles. The van der Waals surface area contributed by atoms with Crippen molar-refractivity contribution in [3.8, 4) is 5.75 Å². The zero-order valence-electron chi connectivity index (χ0n) is 14.0. The summed E-state index contributed by atoms with van der Waals surface area (Å²) in [4.78, 5) is 23.3. The normalized spacial score (nSPS) is 13.0. The number of rotatable bonds is 5. The Labute approximate surface area is 146 Å². The second kappa shape index (κ2) is 7.70. The summed E-state index contributed by atoms with van der Waals surface area (Å²) in [5.41, 5.74) is 3.26. The maximum absolute atomic E-state index is 12.2. The minimum Gasteiger partial charge on any atom is -0.484 e. The molecule has 6 heteroatoms. The van der Waals surface area contributed by atoms with E-state index in [1.807, 2.05) is 12.1 Å². The number of hydrogen-bond acceptors (Lipinski definition) is 3. The van der Waals surface area contributed by atoms with Gasteiger partial charge in [-0.25, -0.2) is 4.79 Å². The van der Waals surface area contributed by atoms with Crippen molar-refractivity contribution in [1.29, 1.82) is 0 Å². The lowest BCUT2D eigenvalue weighted by atomic mass is 10.1. The van der Waals surface area contributed by atoms with Gasteiger partial charge in [0, 0.05) is 18.8 Å². The summed E-state index contributed by atoms with van der Waals surface area (Å²) in [5, 5.41) is 8.30. The molecule has 2 aromatic rings. The topological polar surface area (TPSA) is 79.5 Å². The highest BCUT2D eigenvalue weighted by molar-refractivity contribution is 5.89. The molecular formula is C19H21N3O3. The summed E-state index contributed by atoms with van der Waals surface area (Å²) in [6, 6.07) is 15.0. The van der Waals surface area contributed by atoms with Gasteiger partial charge in [-0.15, -0.1) is 0 Å². The first-order chi connectivity index (χ1) is 12.1. The monoisotopic (exact) mass is 339 g/mol. The van der Waals surface area contributed by atoms with Crippen LogP contribution in [0.5, 0.6) is 5.75 Å². The van der Waals surface area contributed by atoms with Crippen LogP contribution in [0.15, 0.2) is 48.5 Å². The minimum atomic E-state index is -0.225. The molecule has 0 radical (unpaired) electrons. The molecule has 0 aromatic heterocycles. The molecule has 0 heterocycles. The molecule has 0 bridgehead atoms. The van der Waals surface area contributed by atoms with Crippen LogP contribution in [0.2, 0.25) is 0 Å². The third kappa shape index (κ3) is 4.50. The highest BCUT2D eigenvalue weighted by Crippen LogP contribution is 2.22. The van der Waals surface area contributed by atoms with Gasteiger partial charge in [-0.2, -0.15) is 0 Å². The fourth-order valence-corrected chi connectivity index (χ4v) is 2.87. The fraction of sp³-hybridized carbons (Fsp3) is 0.263. The number of ether oxygens (including phenoxy) is 1. The van der Waals surface area contributed by atoms with E-state index in [0.29, 0.717) is 11.4 Å². The number of amides is 3. The number of hydrogen-bond donors (Lipinski definition) is 3. The molecule has 0 atom stereocenters. The standard InChI is InChI=1S/C19H21N3O3/c1-20-18(23)12-25-17-8-6-15(7-9-17)21-19(24)22-16-10-13-4-2-3-5-14(13)11-16/h2-9,16H,10-12H2,1H3,(H,20,23)(H2,21,22,24). The Morgan fingerprint density at radius 2 is 1.68 bits per heavy atom. The molecule has 0 unspecified atom stereocenters. The summed E-state index contributed by atoms with van der Waals surface area (Å²) in [5.74, 6) is 0.375. The van der Waals surface area contributed by atoms with E-state index in [1.54, 1.807) is 31.3 Å². The van der Waals surface area contributed by atoms with Gasteiger partial charge < -0.3 is 20.7 Å². The first-order valence-electron chi connectivity index (χ1n) is 8.22. The van der Waals surface area contributed by atoms with Crippen LogP contribution in [0.3, 0.4) is 0 Å². The van der Waals surface area contributed by atoms with Crippen LogP contribution in [-0.4, -0.2) is 31.6 Å². The second-order valence-corrected chi connectivity index (χ2v) is 5.96. The average Bonchev–Trinajstić information content (AvgIpc) is 3.02. The molecule has 25 heavy (non-hydrogen) atoms. The van der Waals surface area contributed by atoms with Crippen LogP contribution >= 0.6 is 0 Å². The Morgan fingerprint density at radius 1 is 1.04 bits per heavy atom. The Kier molecular flexibility index (Phi) is 5.18. The Hall–Kier alpha value is -3.02. The molecule has 1 aliphatic carbocycles. The van der Waals surface area contributed by atoms with Crippen molar-refractivity contribution in [2.75, 3.05) is 19.0 Å². The third-order valence-electron chi connectivity index (χ3n) is 4.15. The number of carbonyl (C=O) groups is 2. The van der Waals surface area contributed by atoms with E-state index in [2.05, 4.69) is 28.1 Å². The van der Waals surface area contributed by atoms with Gasteiger partial charge in [-0.1, -0.05) is 24.3 Å². The van der Waals surface area contributed by atoms with E-state index in [1.165, 1.54) is 11.1 Å². The minimum absolute atomic E-state index is 0.0357. The van der Waals surface area contributed by atoms with Gasteiger partial charge in [0.05, 0.1) is 0 Å². The van der Waals surface area contributed by atoms with Gasteiger partial charge >= 0.3 is 6.03 Å². The summed E-state index contributed by atoms with van der Waals surface area (Å²) in [7, 11) is 1.56. The van der Waals surface area contributed by atoms with Gasteiger partial charge in [0.25, 0.3) is 5.91 Å². The van der Waals surface area contributed by atoms with E-state index in [9.17, 15) is 9.59 Å². The van der Waals surface area contributed by atoms with Crippen LogP contribution in [-0.2, 0) is 17.6 Å². The van der Waals surface area contributed by atoms with Crippen molar-refractivity contribution in [1.82, 2.24) is 10.6 Å². The lowest BCUT2D eigenvalue weighted by Crippen LogP contribution is -2.38. The van der Waals surface area contributed by atoms with Crippen LogP contribution in [0.25, 0.3) is 0 Å². The van der Waals surface area contributed by atoms with Crippen molar-refractivity contribution in [2.45, 2.75) is 18.9 Å². The molecule has 3 N–H and O–H groups in total. The zero-order valence-corrected chi connectivity index (χ0v) is 14.0. The van der Waals surface area contributed by atoms with Gasteiger partial charge in [0.2, 0.25) is 0 Å². The molecule has 0 saturated heterocycles. The van der Waals surface area contributed by atoms with Crippen molar-refractivity contribution < 1.29 is 14.3 Å². The number of urea groups is 1. The maximum Gasteiger partial charge on any atom is 0.319 e. The molecular weight excluding hydrogens is 318 g/mol. The van der Waals surface area contributed by atoms with Crippen molar-refractivity contribution in [3.63, 3.8) is 0 Å². The molecule has 3 amide bonds. The molecule has 1 aliphatic rings. The predicted molar refractivity (Wildman–Crippen MR) is 95.8 cm³/mol. The molecule has 0 saturated carbocycles. The Bertz CT molecular complexity index is 734. The number of carbonyl (C=O) groups excluding carboxylic acids is 2. The fourth-order valence-electron chi connectivity index (χ4n) is 2.87. The molecule has 130 valence electrons. The largest absolute Gasteiger partial charge is 0.484 e. The van der Waals surface area contributed by atoms with Crippen LogP contribution in [0.4, 0.5) is 10.5 Å². The summed E-state index contributed by atoms with van der Waals surface area (Å²) < 4.78 is 5.32. The number of likely N-dealkylation sites (N-methyl/N-ethyl adjacent to an activating group) is 1. The maximum atomic E-state index is 12.2. The average molecular weight is 339 g/mol. The Balaban J connectivity index is 1.48. The summed E-state index contributed by atoms with van der Waals surface area (Å²) in [6.07, 6.45) is 1.71. The van der Waals surface area contributed by atoms with Crippen molar-refractivity contribution >= 4 is 17.6 Å². The first kappa shape index (κ1) is 16.8. The van der Waals surface area contributed by atoms with Crippen molar-refractivity contribution in [3.05, 3.63) is 59.7 Å². The van der Waals surface area contributed by atoms with E-state index in [-0.39, 0.29) is 24.6 Å². The quantitative estimate of drug-likeness (QED) is 0.780. The van der Waals surface area contributed by atoms with Gasteiger partial charge in [-0.3, -0.25) is 4.79 Å². The second-order valence-electron chi connectivity index (χ2n) is 5.96. The highest BCUT2D eigenvalue weighted by atomic mass is 16.5. The first-order valence-corrected chi connectivity index (χ1v) is 8.22. The van der Waals surface area contributed by atoms with E-state index >= 15 is 0 Å². The van der Waals surface area contributed by atoms with Gasteiger partial charge in [0.15, 0.2) is 6.61 Å². The SMILES string of the molecule is CNC(=O)COc1ccc(NC(=O)NC2Cc3ccccc3C2)cc1. The molecule has 0 spiro atoms. The molecule has 6 nitrogen and oxygen atoms in total. The van der Waals surface area contributed by atoms with Crippen LogP contribution in [0, 0.1) is 0 Å². The number of anilines is 1. The smallest absolute Gasteiger partial charge is 0.319 e. The predicted octanol–water partition coefficient (Wildman–Crippen LogP) is 2.10. The van der Waals surface area contributed by atoms with Crippen molar-refractivity contribution in [2.24, 2.45) is 0 Å². The van der Waals surface area contributed by atoms with E-state index in [4.69, 9.17) is 4.74 Å². The summed E-state index contributed by atoms with van der Waals surface area (Å²) in [6.45, 7) is -0.0357. The van der Waals surface area contributed by atoms with Gasteiger partial charge in [-0.05, 0) is 48.2 Å². The number of nitrogens with one attached hydrogen (secondary N) is 3. The van der Waals surface area contributed by atoms with E-state index in [0.717, 1.165) is 12.8 Å². The van der Waals surface area contributed by atoms with Gasteiger partial charge in [0.1, 0.15) is 5.75 Å². The number of benzene rings is 2. The van der Waals surface area contributed by atoms with E-state index < -0.39 is 0 Å². The van der Waals surface area contributed by atoms with Crippen LogP contribution in [0.1, 0.15) is 11.1 Å². The third-order valence-corrected chi connectivity index (χ3v) is 4.15. The lowest BCUT2D eigenvalue weighted by Gasteiger charge is -2.13. The summed E-state index contributed by atoms with van der Waals surface area (Å²) >= 11 is 0.